The van der Waals surface area contributed by atoms with Crippen LogP contribution in [0.25, 0.3) is 0 Å². The van der Waals surface area contributed by atoms with Gasteiger partial charge in [0.2, 0.25) is 0 Å². The SMILES string of the molecule is Clc1cnc(C2=NC2)c(Cl)n1. The van der Waals surface area contributed by atoms with Crippen molar-refractivity contribution >= 4 is 28.9 Å². The topological polar surface area (TPSA) is 38.1 Å². The minimum atomic E-state index is 0.306. The summed E-state index contributed by atoms with van der Waals surface area (Å²) in [6.07, 6.45) is 1.46. The summed E-state index contributed by atoms with van der Waals surface area (Å²) in [5.74, 6) is 0. The van der Waals surface area contributed by atoms with Crippen molar-refractivity contribution < 1.29 is 0 Å². The van der Waals surface area contributed by atoms with E-state index < -0.39 is 0 Å². The Morgan fingerprint density at radius 2 is 2.09 bits per heavy atom. The van der Waals surface area contributed by atoms with Crippen LogP contribution in [0, 0.1) is 0 Å². The van der Waals surface area contributed by atoms with Crippen molar-refractivity contribution in [3.63, 3.8) is 0 Å². The first kappa shape index (κ1) is 7.00. The molecule has 5 heteroatoms. The predicted molar refractivity (Wildman–Crippen MR) is 43.5 cm³/mol. The van der Waals surface area contributed by atoms with Gasteiger partial charge in [0.15, 0.2) is 5.15 Å². The van der Waals surface area contributed by atoms with E-state index in [2.05, 4.69) is 15.0 Å². The van der Waals surface area contributed by atoms with E-state index in [0.29, 0.717) is 16.0 Å². The van der Waals surface area contributed by atoms with Crippen LogP contribution < -0.4 is 0 Å². The Balaban J connectivity index is 2.48. The zero-order valence-electron chi connectivity index (χ0n) is 5.38. The summed E-state index contributed by atoms with van der Waals surface area (Å²) < 4.78 is 0. The molecule has 0 radical (unpaired) electrons. The minimum absolute atomic E-state index is 0.306. The van der Waals surface area contributed by atoms with Crippen molar-refractivity contribution in [1.29, 1.82) is 0 Å². The molecule has 1 aliphatic heterocycles. The van der Waals surface area contributed by atoms with Gasteiger partial charge in [-0.2, -0.15) is 0 Å². The number of aliphatic imine (C=N–C) groups is 1. The van der Waals surface area contributed by atoms with Gasteiger partial charge >= 0.3 is 0 Å². The van der Waals surface area contributed by atoms with Crippen LogP contribution >= 0.6 is 23.2 Å². The van der Waals surface area contributed by atoms with Crippen molar-refractivity contribution in [3.8, 4) is 0 Å². The fourth-order valence-corrected chi connectivity index (χ4v) is 1.16. The Morgan fingerprint density at radius 1 is 1.36 bits per heavy atom. The highest BCUT2D eigenvalue weighted by molar-refractivity contribution is 6.35. The fourth-order valence-electron chi connectivity index (χ4n) is 0.730. The van der Waals surface area contributed by atoms with Crippen LogP contribution in [-0.2, 0) is 0 Å². The van der Waals surface area contributed by atoms with Gasteiger partial charge in [-0.15, -0.1) is 0 Å². The average molecular weight is 188 g/mol. The number of hydrogen-bond acceptors (Lipinski definition) is 3. The maximum Gasteiger partial charge on any atom is 0.158 e. The molecule has 0 spiro atoms. The Morgan fingerprint density at radius 3 is 2.64 bits per heavy atom. The molecule has 0 saturated carbocycles. The maximum absolute atomic E-state index is 5.73. The lowest BCUT2D eigenvalue weighted by atomic mass is 10.4. The molecule has 3 nitrogen and oxygen atoms in total. The number of nitrogens with zero attached hydrogens (tertiary/aromatic N) is 3. The van der Waals surface area contributed by atoms with Gasteiger partial charge in [0, 0.05) is 0 Å². The zero-order valence-corrected chi connectivity index (χ0v) is 6.89. The van der Waals surface area contributed by atoms with Crippen molar-refractivity contribution in [2.75, 3.05) is 6.54 Å². The fraction of sp³-hybridized carbons (Fsp3) is 0.167. The molecule has 11 heavy (non-hydrogen) atoms. The third-order valence-electron chi connectivity index (χ3n) is 1.29. The van der Waals surface area contributed by atoms with E-state index in [-0.39, 0.29) is 0 Å². The minimum Gasteiger partial charge on any atom is -0.279 e. The number of aromatic nitrogens is 2. The van der Waals surface area contributed by atoms with E-state index in [4.69, 9.17) is 23.2 Å². The summed E-state index contributed by atoms with van der Waals surface area (Å²) in [4.78, 5) is 11.8. The van der Waals surface area contributed by atoms with E-state index in [1.807, 2.05) is 0 Å². The molecule has 0 aliphatic carbocycles. The lowest BCUT2D eigenvalue weighted by Crippen LogP contribution is -1.96. The van der Waals surface area contributed by atoms with Gasteiger partial charge in [0.25, 0.3) is 0 Å². The second kappa shape index (κ2) is 2.43. The number of hydrogen-bond donors (Lipinski definition) is 0. The molecule has 1 aromatic rings. The first-order chi connectivity index (χ1) is 5.27. The molecular formula is C6H3Cl2N3. The first-order valence-corrected chi connectivity index (χ1v) is 3.74. The molecule has 0 N–H and O–H groups in total. The summed E-state index contributed by atoms with van der Waals surface area (Å²) in [6, 6.07) is 0. The number of rotatable bonds is 1. The van der Waals surface area contributed by atoms with Gasteiger partial charge in [0.1, 0.15) is 10.8 Å². The van der Waals surface area contributed by atoms with Crippen LogP contribution in [0.15, 0.2) is 11.2 Å². The highest BCUT2D eigenvalue weighted by atomic mass is 35.5. The predicted octanol–water partition coefficient (Wildman–Crippen LogP) is 1.59. The second-order valence-electron chi connectivity index (χ2n) is 2.10. The molecule has 56 valence electrons. The van der Waals surface area contributed by atoms with E-state index in [9.17, 15) is 0 Å². The Labute approximate surface area is 73.1 Å². The Bertz CT molecular complexity index is 335. The van der Waals surface area contributed by atoms with E-state index in [0.717, 1.165) is 12.3 Å². The van der Waals surface area contributed by atoms with Crippen molar-refractivity contribution in [1.82, 2.24) is 9.97 Å². The molecule has 0 atom stereocenters. The molecule has 1 aromatic heterocycles. The molecule has 0 amide bonds. The molecule has 1 aliphatic rings. The number of halogens is 2. The molecular weight excluding hydrogens is 185 g/mol. The molecule has 0 saturated heterocycles. The smallest absolute Gasteiger partial charge is 0.158 e. The van der Waals surface area contributed by atoms with Gasteiger partial charge in [-0.3, -0.25) is 4.99 Å². The molecule has 2 rings (SSSR count). The van der Waals surface area contributed by atoms with E-state index >= 15 is 0 Å². The largest absolute Gasteiger partial charge is 0.279 e. The van der Waals surface area contributed by atoms with Crippen LogP contribution in [0.3, 0.4) is 0 Å². The summed E-state index contributed by atoms with van der Waals surface area (Å²) in [5.41, 5.74) is 1.55. The standard InChI is InChI=1S/C6H3Cl2N3/c7-4-2-10-5(3-1-9-3)6(8)11-4/h2H,1H2. The first-order valence-electron chi connectivity index (χ1n) is 2.99. The van der Waals surface area contributed by atoms with Gasteiger partial charge < -0.3 is 0 Å². The molecule has 0 bridgehead atoms. The summed E-state index contributed by atoms with van der Waals surface area (Å²) in [5, 5.41) is 0.633. The van der Waals surface area contributed by atoms with Gasteiger partial charge in [0.05, 0.1) is 18.5 Å². The molecule has 0 unspecified atom stereocenters. The summed E-state index contributed by atoms with van der Waals surface area (Å²) >= 11 is 11.3. The van der Waals surface area contributed by atoms with Gasteiger partial charge in [-0.05, 0) is 0 Å². The van der Waals surface area contributed by atoms with Crippen LogP contribution in [-0.4, -0.2) is 22.2 Å². The van der Waals surface area contributed by atoms with Crippen molar-refractivity contribution in [2.45, 2.75) is 0 Å². The zero-order chi connectivity index (χ0) is 7.84. The highest BCUT2D eigenvalue weighted by Gasteiger charge is 2.18. The third-order valence-corrected chi connectivity index (χ3v) is 1.74. The quantitative estimate of drug-likeness (QED) is 0.670. The van der Waals surface area contributed by atoms with E-state index in [1.54, 1.807) is 0 Å². The summed E-state index contributed by atoms with van der Waals surface area (Å²) in [7, 11) is 0. The molecule has 0 aromatic carbocycles. The van der Waals surface area contributed by atoms with Crippen molar-refractivity contribution in [2.24, 2.45) is 4.99 Å². The Kier molecular flexibility index (Phi) is 1.55. The lowest BCUT2D eigenvalue weighted by molar-refractivity contribution is 1.18. The van der Waals surface area contributed by atoms with Gasteiger partial charge in [-0.25, -0.2) is 9.97 Å². The van der Waals surface area contributed by atoms with Crippen LogP contribution in [0.5, 0.6) is 0 Å². The van der Waals surface area contributed by atoms with Gasteiger partial charge in [-0.1, -0.05) is 23.2 Å². The maximum atomic E-state index is 5.73. The van der Waals surface area contributed by atoms with E-state index in [1.165, 1.54) is 6.20 Å². The molecule has 0 fully saturated rings. The highest BCUT2D eigenvalue weighted by Crippen LogP contribution is 2.18. The van der Waals surface area contributed by atoms with Crippen molar-refractivity contribution in [3.05, 3.63) is 22.2 Å². The van der Waals surface area contributed by atoms with Crippen LogP contribution in [0.2, 0.25) is 10.3 Å². The molecule has 2 heterocycles. The Hall–Kier alpha value is -0.670. The monoisotopic (exact) mass is 187 g/mol. The van der Waals surface area contributed by atoms with Crippen LogP contribution in [0.4, 0.5) is 0 Å². The lowest BCUT2D eigenvalue weighted by Gasteiger charge is -1.94. The van der Waals surface area contributed by atoms with Crippen LogP contribution in [0.1, 0.15) is 5.69 Å². The second-order valence-corrected chi connectivity index (χ2v) is 2.84. The summed E-state index contributed by atoms with van der Waals surface area (Å²) in [6.45, 7) is 0.718. The third kappa shape index (κ3) is 1.34. The average Bonchev–Trinajstić information content (AvgIpc) is 2.70. The normalized spacial score (nSPS) is 14.5.